The molecule has 0 atom stereocenters. The van der Waals surface area contributed by atoms with Crippen molar-refractivity contribution in [2.24, 2.45) is 4.99 Å². The number of nitrogens with zero attached hydrogens (tertiary/aromatic N) is 2. The molecular weight excluding hydrogens is 208 g/mol. The van der Waals surface area contributed by atoms with Gasteiger partial charge in [-0.3, -0.25) is 0 Å². The molecule has 0 saturated heterocycles. The van der Waals surface area contributed by atoms with Crippen LogP contribution in [-0.4, -0.2) is 17.8 Å². The summed E-state index contributed by atoms with van der Waals surface area (Å²) in [6.45, 7) is 0.538. The van der Waals surface area contributed by atoms with Gasteiger partial charge in [0.1, 0.15) is 11.2 Å². The molecule has 1 aromatic rings. The van der Waals surface area contributed by atoms with Gasteiger partial charge in [-0.25, -0.2) is 9.98 Å². The van der Waals surface area contributed by atoms with Crippen LogP contribution in [0.2, 0.25) is 0 Å². The second-order valence-corrected chi connectivity index (χ2v) is 2.89. The maximum absolute atomic E-state index is 5.25. The van der Waals surface area contributed by atoms with Crippen molar-refractivity contribution in [1.29, 1.82) is 0 Å². The number of rotatable bonds is 0. The van der Waals surface area contributed by atoms with Crippen LogP contribution in [0.5, 0.6) is 5.75 Å². The smallest absolute Gasteiger partial charge is 0.195 e. The molecule has 11 heavy (non-hydrogen) atoms. The van der Waals surface area contributed by atoms with E-state index in [0.717, 1.165) is 10.4 Å². The van der Waals surface area contributed by atoms with Crippen molar-refractivity contribution in [2.75, 3.05) is 6.61 Å². The Kier molecular flexibility index (Phi) is 1.62. The second kappa shape index (κ2) is 2.62. The highest BCUT2D eigenvalue weighted by molar-refractivity contribution is 9.10. The van der Waals surface area contributed by atoms with Gasteiger partial charge in [-0.15, -0.1) is 0 Å². The number of hydrogen-bond donors (Lipinski definition) is 0. The molecule has 0 fully saturated rings. The average molecular weight is 213 g/mol. The Morgan fingerprint density at radius 2 is 2.36 bits per heavy atom. The van der Waals surface area contributed by atoms with E-state index in [2.05, 4.69) is 25.9 Å². The van der Waals surface area contributed by atoms with E-state index in [1.807, 2.05) is 12.1 Å². The first-order valence-electron chi connectivity index (χ1n) is 3.18. The molecule has 4 heteroatoms. The quantitative estimate of drug-likeness (QED) is 0.617. The van der Waals surface area contributed by atoms with Crippen LogP contribution in [0.25, 0.3) is 0 Å². The fourth-order valence-corrected chi connectivity index (χ4v) is 1.17. The largest absolute Gasteiger partial charge is 0.484 e. The first kappa shape index (κ1) is 6.79. The zero-order valence-electron chi connectivity index (χ0n) is 5.62. The van der Waals surface area contributed by atoms with E-state index in [0.29, 0.717) is 12.4 Å². The Bertz CT molecular complexity index is 311. The fraction of sp³-hybridized carbons (Fsp3) is 0.143. The summed E-state index contributed by atoms with van der Waals surface area (Å²) in [6.07, 6.45) is 1.70. The highest BCUT2D eigenvalue weighted by Crippen LogP contribution is 2.28. The van der Waals surface area contributed by atoms with Crippen molar-refractivity contribution in [3.63, 3.8) is 0 Å². The third-order valence-electron chi connectivity index (χ3n) is 1.33. The lowest BCUT2D eigenvalue weighted by Crippen LogP contribution is -2.03. The lowest BCUT2D eigenvalue weighted by molar-refractivity contribution is 0.375. The number of pyridine rings is 1. The Labute approximate surface area is 72.3 Å². The van der Waals surface area contributed by atoms with Gasteiger partial charge in [0.2, 0.25) is 0 Å². The Morgan fingerprint density at radius 3 is 3.27 bits per heavy atom. The SMILES string of the molecule is Brc1ccc2c(n1)N=CCO2. The number of aromatic nitrogens is 1. The van der Waals surface area contributed by atoms with Gasteiger partial charge in [-0.2, -0.15) is 0 Å². The van der Waals surface area contributed by atoms with Crippen LogP contribution in [0.1, 0.15) is 0 Å². The van der Waals surface area contributed by atoms with Gasteiger partial charge in [0.25, 0.3) is 0 Å². The molecule has 0 aromatic carbocycles. The summed E-state index contributed by atoms with van der Waals surface area (Å²) in [5.74, 6) is 1.39. The highest BCUT2D eigenvalue weighted by Gasteiger charge is 2.06. The van der Waals surface area contributed by atoms with E-state index < -0.39 is 0 Å². The molecule has 0 amide bonds. The molecule has 0 spiro atoms. The summed E-state index contributed by atoms with van der Waals surface area (Å²) >= 11 is 3.25. The molecule has 0 aliphatic carbocycles. The predicted octanol–water partition coefficient (Wildman–Crippen LogP) is 1.94. The first-order valence-corrected chi connectivity index (χ1v) is 3.97. The van der Waals surface area contributed by atoms with Crippen LogP contribution in [-0.2, 0) is 0 Å². The standard InChI is InChI=1S/C7H5BrN2O/c8-6-2-1-5-7(10-6)9-3-4-11-5/h1-3H,4H2. The predicted molar refractivity (Wildman–Crippen MR) is 45.6 cm³/mol. The van der Waals surface area contributed by atoms with E-state index in [1.165, 1.54) is 0 Å². The van der Waals surface area contributed by atoms with Gasteiger partial charge in [0.05, 0.1) is 0 Å². The molecule has 56 valence electrons. The topological polar surface area (TPSA) is 34.5 Å². The maximum atomic E-state index is 5.25. The van der Waals surface area contributed by atoms with Crippen molar-refractivity contribution in [3.8, 4) is 5.75 Å². The summed E-state index contributed by atoms with van der Waals surface area (Å²) < 4.78 is 6.02. The minimum atomic E-state index is 0.538. The Morgan fingerprint density at radius 1 is 1.45 bits per heavy atom. The maximum Gasteiger partial charge on any atom is 0.195 e. The molecule has 0 radical (unpaired) electrons. The lowest BCUT2D eigenvalue weighted by Gasteiger charge is -2.09. The molecule has 0 saturated carbocycles. The van der Waals surface area contributed by atoms with Gasteiger partial charge < -0.3 is 4.74 Å². The van der Waals surface area contributed by atoms with Gasteiger partial charge in [0.15, 0.2) is 11.6 Å². The zero-order chi connectivity index (χ0) is 7.68. The minimum Gasteiger partial charge on any atom is -0.484 e. The summed E-state index contributed by atoms with van der Waals surface area (Å²) in [6, 6.07) is 3.68. The van der Waals surface area contributed by atoms with E-state index in [1.54, 1.807) is 6.21 Å². The lowest BCUT2D eigenvalue weighted by atomic mass is 10.4. The molecule has 1 aliphatic rings. The van der Waals surface area contributed by atoms with Crippen molar-refractivity contribution in [1.82, 2.24) is 4.98 Å². The van der Waals surface area contributed by atoms with Crippen molar-refractivity contribution >= 4 is 28.0 Å². The number of fused-ring (bicyclic) bond motifs is 1. The summed E-state index contributed by atoms with van der Waals surface area (Å²) in [5.41, 5.74) is 0. The van der Waals surface area contributed by atoms with Crippen LogP contribution in [0.3, 0.4) is 0 Å². The van der Waals surface area contributed by atoms with E-state index >= 15 is 0 Å². The normalized spacial score (nSPS) is 13.9. The molecule has 0 bridgehead atoms. The zero-order valence-corrected chi connectivity index (χ0v) is 7.21. The number of hydrogen-bond acceptors (Lipinski definition) is 3. The third kappa shape index (κ3) is 1.26. The molecule has 1 aliphatic heterocycles. The second-order valence-electron chi connectivity index (χ2n) is 2.08. The Hall–Kier alpha value is -0.900. The average Bonchev–Trinajstić information content (AvgIpc) is 2.04. The van der Waals surface area contributed by atoms with E-state index in [-0.39, 0.29) is 0 Å². The summed E-state index contributed by atoms with van der Waals surface area (Å²) in [4.78, 5) is 8.17. The molecule has 0 unspecified atom stereocenters. The van der Waals surface area contributed by atoms with Crippen LogP contribution in [0, 0.1) is 0 Å². The van der Waals surface area contributed by atoms with Crippen molar-refractivity contribution in [2.45, 2.75) is 0 Å². The number of aliphatic imine (C=N–C) groups is 1. The van der Waals surface area contributed by atoms with Crippen LogP contribution >= 0.6 is 15.9 Å². The number of ether oxygens (including phenoxy) is 1. The molecule has 3 nitrogen and oxygen atoms in total. The first-order chi connectivity index (χ1) is 5.36. The van der Waals surface area contributed by atoms with Gasteiger partial charge in [-0.05, 0) is 28.1 Å². The van der Waals surface area contributed by atoms with Gasteiger partial charge in [0, 0.05) is 6.21 Å². The van der Waals surface area contributed by atoms with Crippen LogP contribution in [0.4, 0.5) is 5.82 Å². The molecule has 2 rings (SSSR count). The summed E-state index contributed by atoms with van der Waals surface area (Å²) in [5, 5.41) is 0. The molecular formula is C7H5BrN2O. The fourth-order valence-electron chi connectivity index (χ4n) is 0.868. The van der Waals surface area contributed by atoms with Gasteiger partial charge >= 0.3 is 0 Å². The van der Waals surface area contributed by atoms with E-state index in [9.17, 15) is 0 Å². The van der Waals surface area contributed by atoms with Crippen molar-refractivity contribution < 1.29 is 4.74 Å². The minimum absolute atomic E-state index is 0.538. The summed E-state index contributed by atoms with van der Waals surface area (Å²) in [7, 11) is 0. The van der Waals surface area contributed by atoms with Crippen molar-refractivity contribution in [3.05, 3.63) is 16.7 Å². The Balaban J connectivity index is 2.54. The monoisotopic (exact) mass is 212 g/mol. The highest BCUT2D eigenvalue weighted by atomic mass is 79.9. The third-order valence-corrected chi connectivity index (χ3v) is 1.77. The number of halogens is 1. The van der Waals surface area contributed by atoms with Crippen LogP contribution in [0.15, 0.2) is 21.7 Å². The molecule has 0 N–H and O–H groups in total. The molecule has 2 heterocycles. The van der Waals surface area contributed by atoms with Crippen LogP contribution < -0.4 is 4.74 Å². The van der Waals surface area contributed by atoms with Gasteiger partial charge in [-0.1, -0.05) is 0 Å². The van der Waals surface area contributed by atoms with E-state index in [4.69, 9.17) is 4.74 Å². The molecule has 1 aromatic heterocycles.